The second-order valence-corrected chi connectivity index (χ2v) is 4.49. The van der Waals surface area contributed by atoms with Crippen LogP contribution in [-0.4, -0.2) is 57.0 Å². The molecule has 2 atom stereocenters. The average Bonchev–Trinajstić information content (AvgIpc) is 2.25. The molecule has 1 heterocycles. The predicted molar refractivity (Wildman–Crippen MR) is 60.9 cm³/mol. The number of nitrogens with two attached hydrogens (primary N) is 1. The van der Waals surface area contributed by atoms with Gasteiger partial charge in [-0.05, 0) is 5.92 Å². The van der Waals surface area contributed by atoms with Gasteiger partial charge in [0.15, 0.2) is 0 Å². The van der Waals surface area contributed by atoms with Crippen LogP contribution in [0.3, 0.4) is 0 Å². The zero-order valence-electron chi connectivity index (χ0n) is 10.1. The standard InChI is InChI=1S/C11H24N2O2/c1-9(2)11(8-14-3)13-4-5-15-10(6-12)7-13/h9-11H,4-8,12H2,1-3H3. The number of rotatable bonds is 5. The quantitative estimate of drug-likeness (QED) is 0.719. The van der Waals surface area contributed by atoms with E-state index in [0.717, 1.165) is 26.3 Å². The molecule has 0 aromatic rings. The molecule has 0 saturated carbocycles. The first-order valence-electron chi connectivity index (χ1n) is 5.73. The van der Waals surface area contributed by atoms with E-state index < -0.39 is 0 Å². The van der Waals surface area contributed by atoms with Crippen molar-refractivity contribution in [2.24, 2.45) is 11.7 Å². The smallest absolute Gasteiger partial charge is 0.0824 e. The zero-order chi connectivity index (χ0) is 11.3. The number of methoxy groups -OCH3 is 1. The molecule has 0 aromatic heterocycles. The van der Waals surface area contributed by atoms with Crippen molar-refractivity contribution >= 4 is 0 Å². The van der Waals surface area contributed by atoms with Crippen molar-refractivity contribution < 1.29 is 9.47 Å². The van der Waals surface area contributed by atoms with E-state index >= 15 is 0 Å². The second-order valence-electron chi connectivity index (χ2n) is 4.49. The van der Waals surface area contributed by atoms with Crippen LogP contribution >= 0.6 is 0 Å². The first-order chi connectivity index (χ1) is 7.19. The van der Waals surface area contributed by atoms with Crippen LogP contribution in [0.2, 0.25) is 0 Å². The number of nitrogens with zero attached hydrogens (tertiary/aromatic N) is 1. The third-order valence-corrected chi connectivity index (χ3v) is 3.01. The lowest BCUT2D eigenvalue weighted by atomic mass is 10.0. The summed E-state index contributed by atoms with van der Waals surface area (Å²) in [5.41, 5.74) is 5.63. The van der Waals surface area contributed by atoms with Crippen molar-refractivity contribution in [2.75, 3.05) is 40.0 Å². The molecule has 0 aromatic carbocycles. The molecule has 15 heavy (non-hydrogen) atoms. The number of hydrogen-bond acceptors (Lipinski definition) is 4. The molecule has 0 radical (unpaired) electrons. The van der Waals surface area contributed by atoms with Crippen molar-refractivity contribution in [1.29, 1.82) is 0 Å². The van der Waals surface area contributed by atoms with Gasteiger partial charge in [0, 0.05) is 32.8 Å². The minimum Gasteiger partial charge on any atom is -0.383 e. The molecule has 0 bridgehead atoms. The summed E-state index contributed by atoms with van der Waals surface area (Å²) in [6, 6.07) is 0.480. The van der Waals surface area contributed by atoms with Gasteiger partial charge in [0.1, 0.15) is 0 Å². The molecule has 90 valence electrons. The van der Waals surface area contributed by atoms with Crippen LogP contribution in [0.5, 0.6) is 0 Å². The fourth-order valence-electron chi connectivity index (χ4n) is 2.08. The Morgan fingerprint density at radius 3 is 2.80 bits per heavy atom. The van der Waals surface area contributed by atoms with Crippen molar-refractivity contribution in [3.05, 3.63) is 0 Å². The second kappa shape index (κ2) is 6.43. The van der Waals surface area contributed by atoms with Gasteiger partial charge in [0.25, 0.3) is 0 Å². The first-order valence-corrected chi connectivity index (χ1v) is 5.73. The van der Waals surface area contributed by atoms with Crippen LogP contribution in [0.15, 0.2) is 0 Å². The lowest BCUT2D eigenvalue weighted by molar-refractivity contribution is -0.0576. The van der Waals surface area contributed by atoms with E-state index in [0.29, 0.717) is 18.5 Å². The molecule has 2 N–H and O–H groups in total. The van der Waals surface area contributed by atoms with Gasteiger partial charge < -0.3 is 15.2 Å². The Hall–Kier alpha value is -0.160. The molecule has 0 aliphatic carbocycles. The summed E-state index contributed by atoms with van der Waals surface area (Å²) in [6.45, 7) is 8.57. The van der Waals surface area contributed by atoms with E-state index in [-0.39, 0.29) is 6.10 Å². The van der Waals surface area contributed by atoms with E-state index in [9.17, 15) is 0 Å². The Balaban J connectivity index is 2.50. The summed E-state index contributed by atoms with van der Waals surface area (Å²) in [6.07, 6.45) is 0.192. The third-order valence-electron chi connectivity index (χ3n) is 3.01. The van der Waals surface area contributed by atoms with Crippen LogP contribution in [0, 0.1) is 5.92 Å². The van der Waals surface area contributed by atoms with Crippen LogP contribution < -0.4 is 5.73 Å². The highest BCUT2D eigenvalue weighted by Crippen LogP contribution is 2.15. The summed E-state index contributed by atoms with van der Waals surface area (Å²) in [7, 11) is 1.76. The summed E-state index contributed by atoms with van der Waals surface area (Å²) in [4.78, 5) is 2.44. The van der Waals surface area contributed by atoms with E-state index in [2.05, 4.69) is 18.7 Å². The molecular formula is C11H24N2O2. The summed E-state index contributed by atoms with van der Waals surface area (Å²) in [5, 5.41) is 0. The van der Waals surface area contributed by atoms with Gasteiger partial charge in [0.05, 0.1) is 19.3 Å². The molecule has 4 heteroatoms. The lowest BCUT2D eigenvalue weighted by Gasteiger charge is -2.39. The van der Waals surface area contributed by atoms with E-state index in [1.807, 2.05) is 0 Å². The normalized spacial score (nSPS) is 25.8. The van der Waals surface area contributed by atoms with E-state index in [1.165, 1.54) is 0 Å². The highest BCUT2D eigenvalue weighted by atomic mass is 16.5. The molecule has 2 unspecified atom stereocenters. The van der Waals surface area contributed by atoms with Gasteiger partial charge in [-0.2, -0.15) is 0 Å². The first kappa shape index (κ1) is 12.9. The summed E-state index contributed by atoms with van der Waals surface area (Å²) in [5.74, 6) is 0.599. The van der Waals surface area contributed by atoms with E-state index in [1.54, 1.807) is 7.11 Å². The maximum Gasteiger partial charge on any atom is 0.0824 e. The fraction of sp³-hybridized carbons (Fsp3) is 1.00. The molecule has 0 spiro atoms. The third kappa shape index (κ3) is 3.72. The summed E-state index contributed by atoms with van der Waals surface area (Å²) < 4.78 is 10.8. The van der Waals surface area contributed by atoms with Crippen molar-refractivity contribution in [1.82, 2.24) is 4.90 Å². The maximum absolute atomic E-state index is 5.63. The van der Waals surface area contributed by atoms with Crippen LogP contribution in [0.4, 0.5) is 0 Å². The number of morpholine rings is 1. The average molecular weight is 216 g/mol. The summed E-state index contributed by atoms with van der Waals surface area (Å²) >= 11 is 0. The fourth-order valence-corrected chi connectivity index (χ4v) is 2.08. The Bertz CT molecular complexity index is 176. The van der Waals surface area contributed by atoms with Crippen molar-refractivity contribution in [3.8, 4) is 0 Å². The highest BCUT2D eigenvalue weighted by Gasteiger charge is 2.27. The molecule has 1 fully saturated rings. The monoisotopic (exact) mass is 216 g/mol. The Kier molecular flexibility index (Phi) is 5.53. The minimum atomic E-state index is 0.192. The van der Waals surface area contributed by atoms with Crippen LogP contribution in [-0.2, 0) is 9.47 Å². The molecule has 1 saturated heterocycles. The van der Waals surface area contributed by atoms with Gasteiger partial charge in [-0.1, -0.05) is 13.8 Å². The lowest BCUT2D eigenvalue weighted by Crippen LogP contribution is -2.52. The zero-order valence-corrected chi connectivity index (χ0v) is 10.1. The molecule has 1 aliphatic rings. The van der Waals surface area contributed by atoms with Gasteiger partial charge in [0.2, 0.25) is 0 Å². The molecule has 4 nitrogen and oxygen atoms in total. The van der Waals surface area contributed by atoms with Crippen molar-refractivity contribution in [2.45, 2.75) is 26.0 Å². The Morgan fingerprint density at radius 1 is 1.53 bits per heavy atom. The van der Waals surface area contributed by atoms with Gasteiger partial charge in [-0.15, -0.1) is 0 Å². The number of ether oxygens (including phenoxy) is 2. The van der Waals surface area contributed by atoms with Crippen molar-refractivity contribution in [3.63, 3.8) is 0 Å². The topological polar surface area (TPSA) is 47.7 Å². The molecule has 1 rings (SSSR count). The predicted octanol–water partition coefficient (Wildman–Crippen LogP) is 0.317. The Morgan fingerprint density at radius 2 is 2.27 bits per heavy atom. The van der Waals surface area contributed by atoms with Gasteiger partial charge >= 0.3 is 0 Å². The van der Waals surface area contributed by atoms with Crippen LogP contribution in [0.1, 0.15) is 13.8 Å². The molecular weight excluding hydrogens is 192 g/mol. The highest BCUT2D eigenvalue weighted by molar-refractivity contribution is 4.80. The largest absolute Gasteiger partial charge is 0.383 e. The molecule has 0 amide bonds. The van der Waals surface area contributed by atoms with Gasteiger partial charge in [-0.25, -0.2) is 0 Å². The van der Waals surface area contributed by atoms with Crippen LogP contribution in [0.25, 0.3) is 0 Å². The van der Waals surface area contributed by atoms with E-state index in [4.69, 9.17) is 15.2 Å². The number of hydrogen-bond donors (Lipinski definition) is 1. The van der Waals surface area contributed by atoms with Gasteiger partial charge in [-0.3, -0.25) is 4.90 Å². The SMILES string of the molecule is COCC(C(C)C)N1CCOC(CN)C1. The minimum absolute atomic E-state index is 0.192. The maximum atomic E-state index is 5.63. The Labute approximate surface area is 92.7 Å². The molecule has 1 aliphatic heterocycles.